The van der Waals surface area contributed by atoms with Gasteiger partial charge in [0.05, 0.1) is 13.2 Å². The fraction of sp³-hybridized carbons (Fsp3) is 0.407. The lowest BCUT2D eigenvalue weighted by Gasteiger charge is -2.29. The minimum absolute atomic E-state index is 0.148. The highest BCUT2D eigenvalue weighted by Crippen LogP contribution is 2.30. The second-order valence-corrected chi connectivity index (χ2v) is 8.71. The molecule has 8 heteroatoms. The predicted molar refractivity (Wildman–Crippen MR) is 124 cm³/mol. The second-order valence-electron chi connectivity index (χ2n) is 8.71. The largest absolute Gasteiger partial charge is 0.484 e. The quantitative estimate of drug-likeness (QED) is 0.324. The molecule has 3 aromatic rings. The number of hydrogen-bond acceptors (Lipinski definition) is 4. The molecule has 35 heavy (non-hydrogen) atoms. The third-order valence-corrected chi connectivity index (χ3v) is 6.04. The number of benzene rings is 3. The van der Waals surface area contributed by atoms with Crippen LogP contribution in [0.15, 0.2) is 54.6 Å². The summed E-state index contributed by atoms with van der Waals surface area (Å²) in [5.74, 6) is 0.176. The molecule has 4 nitrogen and oxygen atoms in total. The van der Waals surface area contributed by atoms with Gasteiger partial charge in [-0.2, -0.15) is 13.2 Å². The molecule has 0 radical (unpaired) electrons. The molecule has 188 valence electrons. The first-order valence-corrected chi connectivity index (χ1v) is 11.5. The molecule has 0 aromatic heterocycles. The lowest BCUT2D eigenvalue weighted by Crippen LogP contribution is -2.27. The van der Waals surface area contributed by atoms with Gasteiger partial charge in [0.1, 0.15) is 11.6 Å². The van der Waals surface area contributed by atoms with E-state index in [1.807, 2.05) is 18.2 Å². The van der Waals surface area contributed by atoms with Gasteiger partial charge in [0.25, 0.3) is 0 Å². The van der Waals surface area contributed by atoms with Crippen molar-refractivity contribution in [3.05, 3.63) is 77.1 Å². The van der Waals surface area contributed by atoms with Crippen molar-refractivity contribution in [1.82, 2.24) is 0 Å². The van der Waals surface area contributed by atoms with E-state index in [-0.39, 0.29) is 11.6 Å². The van der Waals surface area contributed by atoms with E-state index < -0.39 is 19.1 Å². The molecule has 0 atom stereocenters. The maximum absolute atomic E-state index is 15.2. The summed E-state index contributed by atoms with van der Waals surface area (Å²) < 4.78 is 73.6. The van der Waals surface area contributed by atoms with Crippen molar-refractivity contribution in [2.75, 3.05) is 33.5 Å². The molecule has 1 aliphatic heterocycles. The zero-order chi connectivity index (χ0) is 24.8. The summed E-state index contributed by atoms with van der Waals surface area (Å²) in [6.45, 7) is 0.523. The average Bonchev–Trinajstić information content (AvgIpc) is 2.86. The Morgan fingerprint density at radius 2 is 1.69 bits per heavy atom. The van der Waals surface area contributed by atoms with Crippen molar-refractivity contribution in [1.29, 1.82) is 0 Å². The van der Waals surface area contributed by atoms with Crippen molar-refractivity contribution in [3.63, 3.8) is 0 Å². The van der Waals surface area contributed by atoms with Crippen molar-refractivity contribution >= 4 is 10.8 Å². The molecule has 1 saturated heterocycles. The van der Waals surface area contributed by atoms with Crippen molar-refractivity contribution in [2.45, 2.75) is 31.7 Å². The Morgan fingerprint density at radius 1 is 0.943 bits per heavy atom. The smallest absolute Gasteiger partial charge is 0.422 e. The average molecular weight is 493 g/mol. The van der Waals surface area contributed by atoms with Crippen LogP contribution in [0.5, 0.6) is 5.75 Å². The highest BCUT2D eigenvalue weighted by Gasteiger charge is 2.28. The summed E-state index contributed by atoms with van der Waals surface area (Å²) in [5, 5.41) is 1.29. The third-order valence-electron chi connectivity index (χ3n) is 6.04. The SMILES string of the molecule is COCCC1COC(c2ccc3c(F)c(CCc4ccc(OCC(F)(F)F)cc4)ccc3c2)OC1. The van der Waals surface area contributed by atoms with E-state index in [2.05, 4.69) is 0 Å². The van der Waals surface area contributed by atoms with Crippen LogP contribution in [0.1, 0.15) is 29.4 Å². The van der Waals surface area contributed by atoms with Gasteiger partial charge in [-0.1, -0.05) is 36.4 Å². The molecule has 1 fully saturated rings. The standard InChI is InChI=1S/C27H28F4O4/c1-32-13-12-19-15-33-26(34-16-19)22-8-11-24-21(14-22)7-6-20(25(24)28)5-2-18-3-9-23(10-4-18)35-17-27(29,30)31/h3-4,6-11,14,19,26H,2,5,12-13,15-17H2,1H3. The Labute approximate surface area is 201 Å². The van der Waals surface area contributed by atoms with E-state index in [1.54, 1.807) is 31.4 Å². The van der Waals surface area contributed by atoms with Crippen LogP contribution in [-0.2, 0) is 27.1 Å². The molecule has 0 unspecified atom stereocenters. The van der Waals surface area contributed by atoms with Crippen molar-refractivity contribution in [2.24, 2.45) is 5.92 Å². The fourth-order valence-corrected chi connectivity index (χ4v) is 4.08. The van der Waals surface area contributed by atoms with Crippen LogP contribution in [0.25, 0.3) is 10.8 Å². The molecule has 0 N–H and O–H groups in total. The predicted octanol–water partition coefficient (Wildman–Crippen LogP) is 6.40. The first-order chi connectivity index (χ1) is 16.8. The van der Waals surface area contributed by atoms with Gasteiger partial charge in [-0.05, 0) is 54.0 Å². The molecular weight excluding hydrogens is 464 g/mol. The van der Waals surface area contributed by atoms with E-state index >= 15 is 4.39 Å². The minimum atomic E-state index is -4.38. The number of rotatable bonds is 9. The van der Waals surface area contributed by atoms with Crippen molar-refractivity contribution < 1.29 is 36.5 Å². The molecule has 1 aliphatic rings. The molecule has 3 aromatic carbocycles. The number of hydrogen-bond donors (Lipinski definition) is 0. The summed E-state index contributed by atoms with van der Waals surface area (Å²) in [6, 6.07) is 15.5. The molecule has 0 amide bonds. The number of alkyl halides is 3. The summed E-state index contributed by atoms with van der Waals surface area (Å²) >= 11 is 0. The number of halogens is 4. The Morgan fingerprint density at radius 3 is 2.37 bits per heavy atom. The van der Waals surface area contributed by atoms with Gasteiger partial charge >= 0.3 is 6.18 Å². The number of methoxy groups -OCH3 is 1. The lowest BCUT2D eigenvalue weighted by molar-refractivity contribution is -0.207. The van der Waals surface area contributed by atoms with Crippen LogP contribution >= 0.6 is 0 Å². The number of fused-ring (bicyclic) bond motifs is 1. The van der Waals surface area contributed by atoms with Crippen molar-refractivity contribution in [3.8, 4) is 5.75 Å². The van der Waals surface area contributed by atoms with Gasteiger partial charge in [-0.15, -0.1) is 0 Å². The molecule has 0 saturated carbocycles. The summed E-state index contributed by atoms with van der Waals surface area (Å²) in [7, 11) is 1.67. The van der Waals surface area contributed by atoms with E-state index in [0.717, 1.165) is 22.9 Å². The van der Waals surface area contributed by atoms with E-state index in [9.17, 15) is 13.2 Å². The highest BCUT2D eigenvalue weighted by atomic mass is 19.4. The number of ether oxygens (including phenoxy) is 4. The fourth-order valence-electron chi connectivity index (χ4n) is 4.08. The molecule has 4 rings (SSSR count). The van der Waals surface area contributed by atoms with Crippen LogP contribution in [-0.4, -0.2) is 39.7 Å². The first-order valence-electron chi connectivity index (χ1n) is 11.5. The Hall–Kier alpha value is -2.68. The summed E-state index contributed by atoms with van der Waals surface area (Å²) in [5.41, 5.74) is 2.31. The molecular formula is C27H28F4O4. The summed E-state index contributed by atoms with van der Waals surface area (Å²) in [6.07, 6.45) is -2.96. The third kappa shape index (κ3) is 6.93. The summed E-state index contributed by atoms with van der Waals surface area (Å²) in [4.78, 5) is 0. The van der Waals surface area contributed by atoms with Gasteiger partial charge in [0.15, 0.2) is 12.9 Å². The van der Waals surface area contributed by atoms with Gasteiger partial charge < -0.3 is 18.9 Å². The Balaban J connectivity index is 1.36. The molecule has 0 spiro atoms. The zero-order valence-corrected chi connectivity index (χ0v) is 19.4. The van der Waals surface area contributed by atoms with Crippen LogP contribution in [0.2, 0.25) is 0 Å². The normalized spacial score (nSPS) is 18.7. The lowest BCUT2D eigenvalue weighted by atomic mass is 9.98. The Bertz CT molecular complexity index is 1110. The van der Waals surface area contributed by atoms with Gasteiger partial charge in [-0.25, -0.2) is 4.39 Å². The maximum atomic E-state index is 15.2. The zero-order valence-electron chi connectivity index (χ0n) is 19.4. The van der Waals surface area contributed by atoms with E-state index in [4.69, 9.17) is 18.9 Å². The topological polar surface area (TPSA) is 36.9 Å². The maximum Gasteiger partial charge on any atom is 0.422 e. The van der Waals surface area contributed by atoms with Crippen LogP contribution < -0.4 is 4.74 Å². The minimum Gasteiger partial charge on any atom is -0.484 e. The van der Waals surface area contributed by atoms with E-state index in [0.29, 0.717) is 49.5 Å². The first kappa shape index (κ1) is 25.4. The molecule has 0 aliphatic carbocycles. The van der Waals surface area contributed by atoms with E-state index in [1.165, 1.54) is 12.1 Å². The van der Waals surface area contributed by atoms with Crippen LogP contribution in [0, 0.1) is 11.7 Å². The molecule has 0 bridgehead atoms. The monoisotopic (exact) mass is 492 g/mol. The Kier molecular flexibility index (Phi) is 8.26. The van der Waals surface area contributed by atoms with Gasteiger partial charge in [0, 0.05) is 30.6 Å². The number of aryl methyl sites for hydroxylation is 2. The van der Waals surface area contributed by atoms with Crippen LogP contribution in [0.4, 0.5) is 17.6 Å². The van der Waals surface area contributed by atoms with Crippen LogP contribution in [0.3, 0.4) is 0 Å². The van der Waals surface area contributed by atoms with Gasteiger partial charge in [0.2, 0.25) is 0 Å². The molecule has 1 heterocycles. The highest BCUT2D eigenvalue weighted by molar-refractivity contribution is 5.84. The second kappa shape index (κ2) is 11.4. The van der Waals surface area contributed by atoms with Gasteiger partial charge in [-0.3, -0.25) is 0 Å².